The van der Waals surface area contributed by atoms with Crippen molar-refractivity contribution >= 4 is 5.91 Å². The third kappa shape index (κ3) is 4.67. The van der Waals surface area contributed by atoms with Crippen molar-refractivity contribution in [3.05, 3.63) is 35.9 Å². The van der Waals surface area contributed by atoms with Crippen LogP contribution in [0.2, 0.25) is 0 Å². The molecule has 0 aromatic heterocycles. The molecule has 0 radical (unpaired) electrons. The number of hydrogen-bond acceptors (Lipinski definition) is 2. The van der Waals surface area contributed by atoms with Crippen LogP contribution < -0.4 is 5.32 Å². The van der Waals surface area contributed by atoms with E-state index in [2.05, 4.69) is 17.1 Å². The Morgan fingerprint density at radius 1 is 1.21 bits per heavy atom. The molecule has 3 heteroatoms. The van der Waals surface area contributed by atoms with Gasteiger partial charge in [-0.15, -0.1) is 0 Å². The average molecular weight is 260 g/mol. The van der Waals surface area contributed by atoms with Gasteiger partial charge in [0.25, 0.3) is 0 Å². The molecule has 3 nitrogen and oxygen atoms in total. The van der Waals surface area contributed by atoms with Crippen molar-refractivity contribution in [3.63, 3.8) is 0 Å². The highest BCUT2D eigenvalue weighted by Crippen LogP contribution is 2.13. The molecular formula is C16H24N2O. The molecule has 2 rings (SSSR count). The molecule has 1 aliphatic heterocycles. The van der Waals surface area contributed by atoms with Crippen LogP contribution in [-0.4, -0.2) is 29.9 Å². The zero-order chi connectivity index (χ0) is 13.5. The number of carbonyl (C=O) groups is 1. The van der Waals surface area contributed by atoms with Gasteiger partial charge in [0.1, 0.15) is 0 Å². The first-order valence-corrected chi connectivity index (χ1v) is 7.30. The number of rotatable bonds is 5. The van der Waals surface area contributed by atoms with Crippen molar-refractivity contribution < 1.29 is 4.79 Å². The summed E-state index contributed by atoms with van der Waals surface area (Å²) < 4.78 is 0. The second-order valence-corrected chi connectivity index (χ2v) is 5.41. The molecule has 1 aliphatic rings. The lowest BCUT2D eigenvalue weighted by Crippen LogP contribution is -2.40. The van der Waals surface area contributed by atoms with E-state index in [0.29, 0.717) is 19.0 Å². The first-order chi connectivity index (χ1) is 9.25. The van der Waals surface area contributed by atoms with E-state index in [4.69, 9.17) is 0 Å². The van der Waals surface area contributed by atoms with Gasteiger partial charge < -0.3 is 10.2 Å². The third-order valence-electron chi connectivity index (χ3n) is 3.83. The second kappa shape index (κ2) is 7.29. The van der Waals surface area contributed by atoms with Crippen LogP contribution in [0.25, 0.3) is 0 Å². The van der Waals surface area contributed by atoms with Gasteiger partial charge in [-0.05, 0) is 38.4 Å². The number of hydrogen-bond donors (Lipinski definition) is 1. The van der Waals surface area contributed by atoms with Crippen molar-refractivity contribution in [2.75, 3.05) is 13.1 Å². The maximum atomic E-state index is 11.9. The topological polar surface area (TPSA) is 32.3 Å². The van der Waals surface area contributed by atoms with Crippen LogP contribution in [0.5, 0.6) is 0 Å². The van der Waals surface area contributed by atoms with Crippen molar-refractivity contribution in [1.29, 1.82) is 0 Å². The van der Waals surface area contributed by atoms with E-state index in [1.165, 1.54) is 19.3 Å². The summed E-state index contributed by atoms with van der Waals surface area (Å²) in [5.41, 5.74) is 1.15. The molecule has 1 amide bonds. The standard InChI is InChI=1S/C16H24N2O/c1-14(18-10-6-3-7-11-18)12-16(19)17-13-15-8-4-2-5-9-15/h2,4-5,8-9,14H,3,6-7,10-13H2,1H3,(H,17,19). The fraction of sp³-hybridized carbons (Fsp3) is 0.562. The second-order valence-electron chi connectivity index (χ2n) is 5.41. The lowest BCUT2D eigenvalue weighted by molar-refractivity contribution is -0.122. The maximum Gasteiger partial charge on any atom is 0.221 e. The van der Waals surface area contributed by atoms with Crippen LogP contribution in [0.1, 0.15) is 38.2 Å². The normalized spacial score (nSPS) is 17.9. The van der Waals surface area contributed by atoms with Crippen LogP contribution >= 0.6 is 0 Å². The molecule has 0 saturated carbocycles. The minimum atomic E-state index is 0.155. The Morgan fingerprint density at radius 3 is 2.58 bits per heavy atom. The molecule has 19 heavy (non-hydrogen) atoms. The number of amides is 1. The Kier molecular flexibility index (Phi) is 5.40. The van der Waals surface area contributed by atoms with E-state index in [1.54, 1.807) is 0 Å². The fourth-order valence-corrected chi connectivity index (χ4v) is 2.63. The van der Waals surface area contributed by atoms with Crippen molar-refractivity contribution in [2.24, 2.45) is 0 Å². The lowest BCUT2D eigenvalue weighted by Gasteiger charge is -2.32. The summed E-state index contributed by atoms with van der Waals surface area (Å²) >= 11 is 0. The number of nitrogens with zero attached hydrogens (tertiary/aromatic N) is 1. The van der Waals surface area contributed by atoms with E-state index in [1.807, 2.05) is 30.3 Å². The Labute approximate surface area is 116 Å². The number of carbonyl (C=O) groups excluding carboxylic acids is 1. The molecule has 1 fully saturated rings. The quantitative estimate of drug-likeness (QED) is 0.882. The highest BCUT2D eigenvalue weighted by atomic mass is 16.1. The van der Waals surface area contributed by atoms with Gasteiger partial charge in [-0.1, -0.05) is 36.8 Å². The maximum absolute atomic E-state index is 11.9. The largest absolute Gasteiger partial charge is 0.352 e. The monoisotopic (exact) mass is 260 g/mol. The first-order valence-electron chi connectivity index (χ1n) is 7.30. The molecule has 1 N–H and O–H groups in total. The molecule has 1 aromatic carbocycles. The van der Waals surface area contributed by atoms with Crippen LogP contribution in [-0.2, 0) is 11.3 Å². The van der Waals surface area contributed by atoms with E-state index < -0.39 is 0 Å². The van der Waals surface area contributed by atoms with Crippen LogP contribution in [0.4, 0.5) is 0 Å². The van der Waals surface area contributed by atoms with E-state index in [0.717, 1.165) is 18.7 Å². The third-order valence-corrected chi connectivity index (χ3v) is 3.83. The summed E-state index contributed by atoms with van der Waals surface area (Å²) in [6.45, 7) is 5.08. The molecule has 0 spiro atoms. The van der Waals surface area contributed by atoms with E-state index >= 15 is 0 Å². The van der Waals surface area contributed by atoms with Gasteiger partial charge in [0.15, 0.2) is 0 Å². The highest BCUT2D eigenvalue weighted by molar-refractivity contribution is 5.76. The minimum Gasteiger partial charge on any atom is -0.352 e. The van der Waals surface area contributed by atoms with Crippen LogP contribution in [0, 0.1) is 0 Å². The van der Waals surface area contributed by atoms with Crippen LogP contribution in [0.3, 0.4) is 0 Å². The molecular weight excluding hydrogens is 236 g/mol. The van der Waals surface area contributed by atoms with Crippen molar-refractivity contribution in [2.45, 2.75) is 45.2 Å². The molecule has 0 bridgehead atoms. The highest BCUT2D eigenvalue weighted by Gasteiger charge is 2.18. The van der Waals surface area contributed by atoms with Gasteiger partial charge in [0.2, 0.25) is 5.91 Å². The summed E-state index contributed by atoms with van der Waals surface area (Å²) in [5, 5.41) is 3.00. The fourth-order valence-electron chi connectivity index (χ4n) is 2.63. The summed E-state index contributed by atoms with van der Waals surface area (Å²) in [6.07, 6.45) is 4.49. The summed E-state index contributed by atoms with van der Waals surface area (Å²) in [4.78, 5) is 14.4. The summed E-state index contributed by atoms with van der Waals surface area (Å²) in [6, 6.07) is 10.4. The number of piperidine rings is 1. The first kappa shape index (κ1) is 14.1. The molecule has 104 valence electrons. The van der Waals surface area contributed by atoms with Gasteiger partial charge in [0, 0.05) is 19.0 Å². The van der Waals surface area contributed by atoms with Gasteiger partial charge >= 0.3 is 0 Å². The predicted octanol–water partition coefficient (Wildman–Crippen LogP) is 2.57. The molecule has 0 aliphatic carbocycles. The number of likely N-dealkylation sites (tertiary alicyclic amines) is 1. The predicted molar refractivity (Wildman–Crippen MR) is 77.8 cm³/mol. The zero-order valence-electron chi connectivity index (χ0n) is 11.8. The SMILES string of the molecule is CC(CC(=O)NCc1ccccc1)N1CCCCC1. The number of benzene rings is 1. The van der Waals surface area contributed by atoms with Crippen molar-refractivity contribution in [3.8, 4) is 0 Å². The summed E-state index contributed by atoms with van der Waals surface area (Å²) in [5.74, 6) is 0.155. The zero-order valence-corrected chi connectivity index (χ0v) is 11.8. The molecule has 1 saturated heterocycles. The van der Waals surface area contributed by atoms with E-state index in [9.17, 15) is 4.79 Å². The van der Waals surface area contributed by atoms with Gasteiger partial charge in [-0.2, -0.15) is 0 Å². The van der Waals surface area contributed by atoms with Crippen LogP contribution in [0.15, 0.2) is 30.3 Å². The van der Waals surface area contributed by atoms with E-state index in [-0.39, 0.29) is 5.91 Å². The molecule has 1 unspecified atom stereocenters. The minimum absolute atomic E-state index is 0.155. The molecule has 1 heterocycles. The summed E-state index contributed by atoms with van der Waals surface area (Å²) in [7, 11) is 0. The smallest absolute Gasteiger partial charge is 0.221 e. The Bertz CT molecular complexity index is 385. The molecule has 1 atom stereocenters. The average Bonchev–Trinajstić information content (AvgIpc) is 2.47. The Balaban J connectivity index is 1.71. The Morgan fingerprint density at radius 2 is 1.89 bits per heavy atom. The van der Waals surface area contributed by atoms with Gasteiger partial charge in [0.05, 0.1) is 0 Å². The van der Waals surface area contributed by atoms with Crippen molar-refractivity contribution in [1.82, 2.24) is 10.2 Å². The Hall–Kier alpha value is -1.35. The van der Waals surface area contributed by atoms with Gasteiger partial charge in [-0.3, -0.25) is 4.79 Å². The number of nitrogens with one attached hydrogen (secondary N) is 1. The lowest BCUT2D eigenvalue weighted by atomic mass is 10.1. The molecule has 1 aromatic rings. The van der Waals surface area contributed by atoms with Gasteiger partial charge in [-0.25, -0.2) is 0 Å².